The Morgan fingerprint density at radius 2 is 1.70 bits per heavy atom. The van der Waals surface area contributed by atoms with Gasteiger partial charge in [-0.1, -0.05) is 51.1 Å². The second-order valence-corrected chi connectivity index (χ2v) is 11.2. The molecule has 2 rings (SSSR count). The normalized spacial score (nSPS) is 12.5. The molecule has 0 N–H and O–H groups in total. The summed E-state index contributed by atoms with van der Waals surface area (Å²) in [6.07, 6.45) is 1.42. The molecule has 1 heterocycles. The molecule has 0 fully saturated rings. The van der Waals surface area contributed by atoms with Crippen LogP contribution in [0.25, 0.3) is 11.1 Å². The summed E-state index contributed by atoms with van der Waals surface area (Å²) in [6.45, 7) is 10.5. The topological polar surface area (TPSA) is 22.4 Å². The van der Waals surface area contributed by atoms with E-state index in [1.807, 2.05) is 30.3 Å². The highest BCUT2D eigenvalue weighted by molar-refractivity contribution is 6.74. The van der Waals surface area contributed by atoms with Gasteiger partial charge < -0.3 is 8.84 Å². The van der Waals surface area contributed by atoms with Crippen LogP contribution in [-0.2, 0) is 0 Å². The second-order valence-electron chi connectivity index (χ2n) is 6.48. The molecule has 2 aromatic rings. The lowest BCUT2D eigenvalue weighted by Crippen LogP contribution is -2.43. The van der Waals surface area contributed by atoms with Crippen molar-refractivity contribution < 1.29 is 13.2 Å². The van der Waals surface area contributed by atoms with Gasteiger partial charge in [0.2, 0.25) is 5.82 Å². The second kappa shape index (κ2) is 5.09. The molecular formula is C16H21FO2Si. The maximum atomic E-state index is 14.4. The Hall–Kier alpha value is -1.55. The zero-order valence-electron chi connectivity index (χ0n) is 12.7. The predicted octanol–water partition coefficient (Wildman–Crippen LogP) is 5.47. The lowest BCUT2D eigenvalue weighted by atomic mass is 10.1. The van der Waals surface area contributed by atoms with E-state index in [0.29, 0.717) is 5.56 Å². The molecule has 0 unspecified atom stereocenters. The van der Waals surface area contributed by atoms with Crippen LogP contribution in [0.3, 0.4) is 0 Å². The van der Waals surface area contributed by atoms with Crippen molar-refractivity contribution in [3.63, 3.8) is 0 Å². The monoisotopic (exact) mass is 292 g/mol. The van der Waals surface area contributed by atoms with E-state index in [0.717, 1.165) is 5.56 Å². The van der Waals surface area contributed by atoms with Gasteiger partial charge in [0.15, 0.2) is 0 Å². The van der Waals surface area contributed by atoms with E-state index in [9.17, 15) is 4.39 Å². The molecule has 20 heavy (non-hydrogen) atoms. The first kappa shape index (κ1) is 14.8. The molecule has 1 aromatic heterocycles. The number of rotatable bonds is 3. The Balaban J connectivity index is 2.31. The number of furan rings is 1. The number of halogens is 1. The quantitative estimate of drug-likeness (QED) is 0.700. The summed E-state index contributed by atoms with van der Waals surface area (Å²) in [7, 11) is -2.10. The molecule has 2 nitrogen and oxygen atoms in total. The zero-order chi connectivity index (χ0) is 15.0. The Kier molecular flexibility index (Phi) is 3.78. The SMILES string of the molecule is CC(C)(C)[Si](C)(C)Oc1occ(-c2ccccc2)c1F. The van der Waals surface area contributed by atoms with E-state index in [4.69, 9.17) is 8.84 Å². The summed E-state index contributed by atoms with van der Waals surface area (Å²) >= 11 is 0. The third kappa shape index (κ3) is 2.80. The molecule has 108 valence electrons. The number of hydrogen-bond acceptors (Lipinski definition) is 2. The molecule has 0 aliphatic carbocycles. The molecule has 4 heteroatoms. The molecule has 0 saturated carbocycles. The van der Waals surface area contributed by atoms with Crippen LogP contribution in [0.15, 0.2) is 41.0 Å². The molecule has 0 saturated heterocycles. The van der Waals surface area contributed by atoms with Crippen molar-refractivity contribution in [2.24, 2.45) is 0 Å². The number of hydrogen-bond donors (Lipinski definition) is 0. The van der Waals surface area contributed by atoms with Gasteiger partial charge in [-0.25, -0.2) is 0 Å². The maximum absolute atomic E-state index is 14.4. The first-order valence-corrected chi connectivity index (χ1v) is 9.64. The smallest absolute Gasteiger partial charge is 0.308 e. The van der Waals surface area contributed by atoms with E-state index in [1.54, 1.807) is 0 Å². The van der Waals surface area contributed by atoms with E-state index in [-0.39, 0.29) is 11.0 Å². The highest BCUT2D eigenvalue weighted by Gasteiger charge is 2.40. The minimum absolute atomic E-state index is 0.000853. The van der Waals surface area contributed by atoms with Crippen LogP contribution in [0.1, 0.15) is 20.8 Å². The first-order valence-electron chi connectivity index (χ1n) is 6.74. The fraction of sp³-hybridized carbons (Fsp3) is 0.375. The molecule has 0 amide bonds. The Morgan fingerprint density at radius 1 is 1.10 bits per heavy atom. The van der Waals surface area contributed by atoms with Crippen molar-refractivity contribution in [3.05, 3.63) is 42.4 Å². The average Bonchev–Trinajstić information content (AvgIpc) is 2.70. The van der Waals surface area contributed by atoms with Gasteiger partial charge in [0.25, 0.3) is 8.32 Å². The van der Waals surface area contributed by atoms with Gasteiger partial charge in [-0.3, -0.25) is 0 Å². The van der Waals surface area contributed by atoms with Crippen LogP contribution in [0, 0.1) is 5.82 Å². The lowest BCUT2D eigenvalue weighted by molar-refractivity contribution is 0.344. The van der Waals surface area contributed by atoms with Crippen LogP contribution in [0.4, 0.5) is 4.39 Å². The maximum Gasteiger partial charge on any atom is 0.308 e. The highest BCUT2D eigenvalue weighted by atomic mass is 28.4. The van der Waals surface area contributed by atoms with Gasteiger partial charge in [0, 0.05) is 0 Å². The predicted molar refractivity (Wildman–Crippen MR) is 81.9 cm³/mol. The van der Waals surface area contributed by atoms with Gasteiger partial charge in [0.1, 0.15) is 6.26 Å². The molecule has 0 aliphatic rings. The fourth-order valence-corrected chi connectivity index (χ4v) is 2.50. The zero-order valence-corrected chi connectivity index (χ0v) is 13.7. The van der Waals surface area contributed by atoms with Gasteiger partial charge in [0.05, 0.1) is 5.56 Å². The minimum atomic E-state index is -2.10. The molecule has 0 radical (unpaired) electrons. The first-order chi connectivity index (χ1) is 9.22. The third-order valence-corrected chi connectivity index (χ3v) is 8.25. The van der Waals surface area contributed by atoms with Crippen molar-refractivity contribution in [1.29, 1.82) is 0 Å². The fourth-order valence-electron chi connectivity index (χ4n) is 1.59. The van der Waals surface area contributed by atoms with Gasteiger partial charge in [-0.15, -0.1) is 0 Å². The van der Waals surface area contributed by atoms with Crippen LogP contribution in [-0.4, -0.2) is 8.32 Å². The summed E-state index contributed by atoms with van der Waals surface area (Å²) in [5.74, 6) is -0.406. The Labute approximate surface area is 120 Å². The van der Waals surface area contributed by atoms with Gasteiger partial charge >= 0.3 is 5.95 Å². The molecule has 0 aliphatic heterocycles. The van der Waals surface area contributed by atoms with Crippen molar-refractivity contribution >= 4 is 8.32 Å². The molecule has 0 bridgehead atoms. The van der Waals surface area contributed by atoms with E-state index in [1.165, 1.54) is 6.26 Å². The molecule has 0 atom stereocenters. The van der Waals surface area contributed by atoms with Crippen LogP contribution in [0.2, 0.25) is 18.1 Å². The molecule has 0 spiro atoms. The summed E-state index contributed by atoms with van der Waals surface area (Å²) in [5.41, 5.74) is 1.23. The van der Waals surface area contributed by atoms with Crippen molar-refractivity contribution in [2.75, 3.05) is 0 Å². The summed E-state index contributed by atoms with van der Waals surface area (Å²) in [5, 5.41) is -0.000853. The van der Waals surface area contributed by atoms with E-state index < -0.39 is 14.1 Å². The standard InChI is InChI=1S/C16H21FO2Si/c1-16(2,3)20(4,5)19-15-14(17)13(11-18-15)12-9-7-6-8-10-12/h6-11H,1-5H3. The third-order valence-electron chi connectivity index (χ3n) is 3.94. The highest BCUT2D eigenvalue weighted by Crippen LogP contribution is 2.40. The van der Waals surface area contributed by atoms with Crippen LogP contribution < -0.4 is 4.43 Å². The summed E-state index contributed by atoms with van der Waals surface area (Å²) in [4.78, 5) is 0. The van der Waals surface area contributed by atoms with Gasteiger partial charge in [-0.2, -0.15) is 4.39 Å². The minimum Gasteiger partial charge on any atom is -0.517 e. The van der Waals surface area contributed by atoms with Crippen molar-refractivity contribution in [3.8, 4) is 17.1 Å². The Morgan fingerprint density at radius 3 is 2.25 bits per heavy atom. The largest absolute Gasteiger partial charge is 0.517 e. The summed E-state index contributed by atoms with van der Waals surface area (Å²) < 4.78 is 25.7. The van der Waals surface area contributed by atoms with Crippen molar-refractivity contribution in [1.82, 2.24) is 0 Å². The molecule has 1 aromatic carbocycles. The summed E-state index contributed by atoms with van der Waals surface area (Å²) in [6, 6.07) is 9.34. The van der Waals surface area contributed by atoms with E-state index >= 15 is 0 Å². The van der Waals surface area contributed by atoms with Crippen molar-refractivity contribution in [2.45, 2.75) is 38.9 Å². The van der Waals surface area contributed by atoms with E-state index in [2.05, 4.69) is 33.9 Å². The lowest BCUT2D eigenvalue weighted by Gasteiger charge is -2.35. The molecular weight excluding hydrogens is 271 g/mol. The van der Waals surface area contributed by atoms with Gasteiger partial charge in [-0.05, 0) is 23.7 Å². The van der Waals surface area contributed by atoms with Crippen LogP contribution >= 0.6 is 0 Å². The number of benzene rings is 1. The van der Waals surface area contributed by atoms with Crippen LogP contribution in [0.5, 0.6) is 5.95 Å². The average molecular weight is 292 g/mol. The Bertz CT molecular complexity index is 582.